The highest BCUT2D eigenvalue weighted by atomic mass is 32.2. The Bertz CT molecular complexity index is 350. The lowest BCUT2D eigenvalue weighted by molar-refractivity contribution is 0.468. The van der Waals surface area contributed by atoms with E-state index in [4.69, 9.17) is 0 Å². The predicted molar refractivity (Wildman–Crippen MR) is 48.2 cm³/mol. The standard InChI is InChI=1S/C8H10FNO2S/c9-7-10-13(11,12)6-8-4-2-1-3-5-8/h1-5,10H,6-7H2. The SMILES string of the molecule is O=S(=O)(Cc1ccccc1)NCF. The van der Waals surface area contributed by atoms with E-state index in [0.29, 0.717) is 5.56 Å². The second-order valence-electron chi connectivity index (χ2n) is 2.52. The molecule has 1 N–H and O–H groups in total. The summed E-state index contributed by atoms with van der Waals surface area (Å²) in [6.45, 7) is -1.06. The Balaban J connectivity index is 2.70. The van der Waals surface area contributed by atoms with Crippen LogP contribution in [0.4, 0.5) is 4.39 Å². The minimum absolute atomic E-state index is 0.183. The third-order valence-electron chi connectivity index (χ3n) is 1.47. The highest BCUT2D eigenvalue weighted by molar-refractivity contribution is 7.88. The fraction of sp³-hybridized carbons (Fsp3) is 0.250. The van der Waals surface area contributed by atoms with Crippen LogP contribution in [0.3, 0.4) is 0 Å². The van der Waals surface area contributed by atoms with Crippen LogP contribution in [0.5, 0.6) is 0 Å². The lowest BCUT2D eigenvalue weighted by Gasteiger charge is -2.02. The van der Waals surface area contributed by atoms with E-state index in [2.05, 4.69) is 0 Å². The van der Waals surface area contributed by atoms with E-state index in [1.54, 1.807) is 35.1 Å². The molecule has 3 nitrogen and oxygen atoms in total. The third-order valence-corrected chi connectivity index (χ3v) is 2.74. The van der Waals surface area contributed by atoms with Crippen LogP contribution in [0.25, 0.3) is 0 Å². The summed E-state index contributed by atoms with van der Waals surface area (Å²) >= 11 is 0. The quantitative estimate of drug-likeness (QED) is 0.743. The van der Waals surface area contributed by atoms with Crippen LogP contribution in [-0.4, -0.2) is 15.2 Å². The number of benzene rings is 1. The lowest BCUT2D eigenvalue weighted by Crippen LogP contribution is -2.23. The van der Waals surface area contributed by atoms with Crippen LogP contribution in [0.1, 0.15) is 5.56 Å². The summed E-state index contributed by atoms with van der Waals surface area (Å²) in [5.41, 5.74) is 0.642. The number of sulfonamides is 1. The summed E-state index contributed by atoms with van der Waals surface area (Å²) in [7, 11) is -3.51. The first kappa shape index (κ1) is 10.1. The van der Waals surface area contributed by atoms with E-state index >= 15 is 0 Å². The zero-order chi connectivity index (χ0) is 9.73. The minimum Gasteiger partial charge on any atom is -0.233 e. The summed E-state index contributed by atoms with van der Waals surface area (Å²) in [5.74, 6) is -0.183. The molecule has 0 aliphatic heterocycles. The van der Waals surface area contributed by atoms with E-state index in [0.717, 1.165) is 0 Å². The Morgan fingerprint density at radius 2 is 1.85 bits per heavy atom. The van der Waals surface area contributed by atoms with E-state index in [1.165, 1.54) is 0 Å². The van der Waals surface area contributed by atoms with Crippen molar-refractivity contribution in [2.75, 3.05) is 6.80 Å². The fourth-order valence-electron chi connectivity index (χ4n) is 0.928. The van der Waals surface area contributed by atoms with Crippen LogP contribution in [-0.2, 0) is 15.8 Å². The highest BCUT2D eigenvalue weighted by Crippen LogP contribution is 2.03. The molecule has 13 heavy (non-hydrogen) atoms. The van der Waals surface area contributed by atoms with Crippen molar-refractivity contribution in [1.29, 1.82) is 0 Å². The van der Waals surface area contributed by atoms with E-state index < -0.39 is 16.8 Å². The molecule has 0 unspecified atom stereocenters. The minimum atomic E-state index is -3.51. The molecule has 0 saturated heterocycles. The summed E-state index contributed by atoms with van der Waals surface area (Å²) in [6.07, 6.45) is 0. The first-order valence-electron chi connectivity index (χ1n) is 3.71. The predicted octanol–water partition coefficient (Wildman–Crippen LogP) is 1.03. The Morgan fingerprint density at radius 1 is 1.23 bits per heavy atom. The summed E-state index contributed by atoms with van der Waals surface area (Å²) in [5, 5.41) is 0. The smallest absolute Gasteiger partial charge is 0.217 e. The molecule has 0 atom stereocenters. The van der Waals surface area contributed by atoms with Crippen molar-refractivity contribution in [2.45, 2.75) is 5.75 Å². The van der Waals surface area contributed by atoms with Gasteiger partial charge in [-0.05, 0) is 5.56 Å². The lowest BCUT2D eigenvalue weighted by atomic mass is 10.2. The summed E-state index contributed by atoms with van der Waals surface area (Å²) in [6, 6.07) is 8.62. The van der Waals surface area contributed by atoms with Gasteiger partial charge in [0.2, 0.25) is 10.0 Å². The molecule has 0 bridgehead atoms. The molecule has 0 heterocycles. The molecule has 0 amide bonds. The van der Waals surface area contributed by atoms with Gasteiger partial charge in [0.25, 0.3) is 0 Å². The van der Waals surface area contributed by atoms with E-state index in [-0.39, 0.29) is 5.75 Å². The molecule has 0 aliphatic rings. The van der Waals surface area contributed by atoms with Crippen LogP contribution >= 0.6 is 0 Å². The van der Waals surface area contributed by atoms with Crippen molar-refractivity contribution in [1.82, 2.24) is 4.72 Å². The average Bonchev–Trinajstić information content (AvgIpc) is 2.04. The molecule has 0 fully saturated rings. The number of nitrogens with one attached hydrogen (secondary N) is 1. The zero-order valence-electron chi connectivity index (χ0n) is 6.90. The van der Waals surface area contributed by atoms with Crippen LogP contribution < -0.4 is 4.72 Å². The molecule has 1 aromatic carbocycles. The first-order valence-corrected chi connectivity index (χ1v) is 5.36. The fourth-order valence-corrected chi connectivity index (χ4v) is 1.83. The molecule has 0 aromatic heterocycles. The van der Waals surface area contributed by atoms with Crippen LogP contribution in [0, 0.1) is 0 Å². The van der Waals surface area contributed by atoms with Crippen molar-refractivity contribution < 1.29 is 12.8 Å². The largest absolute Gasteiger partial charge is 0.233 e. The maximum absolute atomic E-state index is 11.7. The number of hydrogen-bond donors (Lipinski definition) is 1. The van der Waals surface area contributed by atoms with Gasteiger partial charge in [0.05, 0.1) is 5.75 Å². The van der Waals surface area contributed by atoms with Gasteiger partial charge >= 0.3 is 0 Å². The van der Waals surface area contributed by atoms with Crippen molar-refractivity contribution in [3.8, 4) is 0 Å². The third kappa shape index (κ3) is 3.52. The molecule has 5 heteroatoms. The Morgan fingerprint density at radius 3 is 2.38 bits per heavy atom. The molecule has 0 radical (unpaired) electrons. The van der Waals surface area contributed by atoms with Crippen molar-refractivity contribution >= 4 is 10.0 Å². The van der Waals surface area contributed by atoms with Gasteiger partial charge in [-0.1, -0.05) is 30.3 Å². The molecule has 72 valence electrons. The number of rotatable bonds is 4. The normalized spacial score (nSPS) is 11.5. The maximum Gasteiger partial charge on any atom is 0.217 e. The second kappa shape index (κ2) is 4.34. The molecular weight excluding hydrogens is 193 g/mol. The second-order valence-corrected chi connectivity index (χ2v) is 4.33. The van der Waals surface area contributed by atoms with Gasteiger partial charge < -0.3 is 0 Å². The number of alkyl halides is 1. The molecule has 1 aromatic rings. The first-order chi connectivity index (χ1) is 6.14. The highest BCUT2D eigenvalue weighted by Gasteiger charge is 2.09. The Kier molecular flexibility index (Phi) is 3.39. The summed E-state index contributed by atoms with van der Waals surface area (Å²) in [4.78, 5) is 0. The molecule has 0 saturated carbocycles. The Hall–Kier alpha value is -0.940. The van der Waals surface area contributed by atoms with Gasteiger partial charge in [-0.2, -0.15) is 4.72 Å². The van der Waals surface area contributed by atoms with Gasteiger partial charge in [0.15, 0.2) is 6.80 Å². The monoisotopic (exact) mass is 203 g/mol. The van der Waals surface area contributed by atoms with Gasteiger partial charge in [0, 0.05) is 0 Å². The number of halogens is 1. The van der Waals surface area contributed by atoms with E-state index in [9.17, 15) is 12.8 Å². The number of hydrogen-bond acceptors (Lipinski definition) is 2. The van der Waals surface area contributed by atoms with Crippen molar-refractivity contribution in [3.05, 3.63) is 35.9 Å². The molecule has 0 aliphatic carbocycles. The van der Waals surface area contributed by atoms with Crippen molar-refractivity contribution in [2.24, 2.45) is 0 Å². The van der Waals surface area contributed by atoms with Gasteiger partial charge in [-0.15, -0.1) is 0 Å². The van der Waals surface area contributed by atoms with Crippen LogP contribution in [0.15, 0.2) is 30.3 Å². The molecule has 1 rings (SSSR count). The average molecular weight is 203 g/mol. The zero-order valence-corrected chi connectivity index (χ0v) is 7.72. The molecule has 0 spiro atoms. The maximum atomic E-state index is 11.7. The van der Waals surface area contributed by atoms with E-state index in [1.807, 2.05) is 0 Å². The van der Waals surface area contributed by atoms with Crippen LogP contribution in [0.2, 0.25) is 0 Å². The van der Waals surface area contributed by atoms with Gasteiger partial charge in [-0.3, -0.25) is 0 Å². The van der Waals surface area contributed by atoms with Gasteiger partial charge in [0.1, 0.15) is 0 Å². The topological polar surface area (TPSA) is 46.2 Å². The van der Waals surface area contributed by atoms with Crippen molar-refractivity contribution in [3.63, 3.8) is 0 Å². The van der Waals surface area contributed by atoms with Gasteiger partial charge in [-0.25, -0.2) is 12.8 Å². The Labute approximate surface area is 76.6 Å². The molecular formula is C8H10FNO2S. The summed E-state index contributed by atoms with van der Waals surface area (Å²) < 4.78 is 35.6.